The maximum atomic E-state index is 10.8. The van der Waals surface area contributed by atoms with E-state index < -0.39 is 6.10 Å². The van der Waals surface area contributed by atoms with E-state index in [1.54, 1.807) is 11.8 Å². The van der Waals surface area contributed by atoms with E-state index in [0.29, 0.717) is 13.1 Å². The van der Waals surface area contributed by atoms with Crippen molar-refractivity contribution in [2.75, 3.05) is 23.3 Å². The molecule has 3 nitrogen and oxygen atoms in total. The van der Waals surface area contributed by atoms with Gasteiger partial charge in [0.1, 0.15) is 0 Å². The van der Waals surface area contributed by atoms with E-state index in [-0.39, 0.29) is 0 Å². The Labute approximate surface area is 165 Å². The topological polar surface area (TPSA) is 35.5 Å². The van der Waals surface area contributed by atoms with Crippen LogP contribution in [-0.2, 0) is 0 Å². The summed E-state index contributed by atoms with van der Waals surface area (Å²) in [6.45, 7) is 5.23. The fraction of sp³-hybridized carbons (Fsp3) is 0.217. The summed E-state index contributed by atoms with van der Waals surface area (Å²) in [5.74, 6) is 0. The van der Waals surface area contributed by atoms with Crippen LogP contribution in [-0.4, -0.2) is 24.3 Å². The third-order valence-electron chi connectivity index (χ3n) is 4.85. The highest BCUT2D eigenvalue weighted by Crippen LogP contribution is 2.47. The average molecular weight is 377 g/mol. The number of nitrogens with one attached hydrogen (secondary N) is 1. The standard InChI is InChI=1S/C23H24N2OS/c1-16-11-12-17(2)19(13-16)24-14-18(26)15-25-20-7-3-5-9-22(20)27-23-10-6-4-8-21(23)25/h3-13,18,24,26H,14-15H2,1-2H3/t18-/m0/s1. The van der Waals surface area contributed by atoms with Gasteiger partial charge in [-0.2, -0.15) is 0 Å². The van der Waals surface area contributed by atoms with E-state index in [9.17, 15) is 5.11 Å². The third-order valence-corrected chi connectivity index (χ3v) is 5.98. The molecule has 138 valence electrons. The molecular weight excluding hydrogens is 352 g/mol. The number of nitrogens with zero attached hydrogens (tertiary/aromatic N) is 1. The molecule has 0 unspecified atom stereocenters. The van der Waals surface area contributed by atoms with E-state index >= 15 is 0 Å². The Bertz CT molecular complexity index is 911. The van der Waals surface area contributed by atoms with Gasteiger partial charge in [-0.3, -0.25) is 0 Å². The van der Waals surface area contributed by atoms with Crippen LogP contribution in [0.15, 0.2) is 76.5 Å². The van der Waals surface area contributed by atoms with Gasteiger partial charge in [0, 0.05) is 22.0 Å². The maximum absolute atomic E-state index is 10.8. The summed E-state index contributed by atoms with van der Waals surface area (Å²) in [5.41, 5.74) is 5.81. The number of benzene rings is 3. The van der Waals surface area contributed by atoms with Gasteiger partial charge in [-0.05, 0) is 55.3 Å². The van der Waals surface area contributed by atoms with Crippen molar-refractivity contribution in [2.45, 2.75) is 29.7 Å². The molecule has 1 heterocycles. The maximum Gasteiger partial charge on any atom is 0.0891 e. The Morgan fingerprint density at radius 1 is 0.926 bits per heavy atom. The normalized spacial score (nSPS) is 13.7. The quantitative estimate of drug-likeness (QED) is 0.627. The number of aliphatic hydroxyl groups is 1. The molecule has 27 heavy (non-hydrogen) atoms. The first-order chi connectivity index (χ1) is 13.1. The van der Waals surface area contributed by atoms with Gasteiger partial charge >= 0.3 is 0 Å². The van der Waals surface area contributed by atoms with Crippen LogP contribution in [0, 0.1) is 13.8 Å². The second-order valence-electron chi connectivity index (χ2n) is 7.00. The van der Waals surface area contributed by atoms with Gasteiger partial charge in [0.25, 0.3) is 0 Å². The largest absolute Gasteiger partial charge is 0.389 e. The number of fused-ring (bicyclic) bond motifs is 2. The summed E-state index contributed by atoms with van der Waals surface area (Å²) in [7, 11) is 0. The number of aryl methyl sites for hydroxylation is 2. The van der Waals surface area contributed by atoms with Crippen LogP contribution in [0.4, 0.5) is 17.1 Å². The third kappa shape index (κ3) is 3.82. The number of anilines is 3. The molecule has 0 bridgehead atoms. The molecule has 0 fully saturated rings. The van der Waals surface area contributed by atoms with Crippen molar-refractivity contribution in [1.82, 2.24) is 0 Å². The first-order valence-electron chi connectivity index (χ1n) is 9.24. The molecule has 0 aliphatic carbocycles. The highest BCUT2D eigenvalue weighted by atomic mass is 32.2. The van der Waals surface area contributed by atoms with Crippen LogP contribution in [0.3, 0.4) is 0 Å². The minimum Gasteiger partial charge on any atom is -0.389 e. The molecule has 2 N–H and O–H groups in total. The van der Waals surface area contributed by atoms with Crippen molar-refractivity contribution in [2.24, 2.45) is 0 Å². The van der Waals surface area contributed by atoms with E-state index in [2.05, 4.69) is 90.8 Å². The molecule has 4 heteroatoms. The Kier molecular flexibility index (Phi) is 5.10. The predicted octanol–water partition coefficient (Wildman–Crippen LogP) is 5.38. The van der Waals surface area contributed by atoms with Crippen LogP contribution in [0.25, 0.3) is 0 Å². The molecule has 0 amide bonds. The van der Waals surface area contributed by atoms with Crippen molar-refractivity contribution < 1.29 is 5.11 Å². The summed E-state index contributed by atoms with van der Waals surface area (Å²) in [6, 6.07) is 23.1. The van der Waals surface area contributed by atoms with Gasteiger partial charge < -0.3 is 15.3 Å². The number of β-amino-alcohol motifs (C(OH)–C–C–N with tert-alkyl or cyclic N) is 1. The Morgan fingerprint density at radius 2 is 1.56 bits per heavy atom. The number of hydrogen-bond acceptors (Lipinski definition) is 4. The van der Waals surface area contributed by atoms with E-state index in [1.165, 1.54) is 20.9 Å². The highest BCUT2D eigenvalue weighted by molar-refractivity contribution is 7.99. The molecule has 3 aromatic rings. The fourth-order valence-electron chi connectivity index (χ4n) is 3.41. The van der Waals surface area contributed by atoms with Crippen LogP contribution in [0.5, 0.6) is 0 Å². The van der Waals surface area contributed by atoms with E-state index in [0.717, 1.165) is 17.1 Å². The molecule has 1 atom stereocenters. The van der Waals surface area contributed by atoms with Gasteiger partial charge in [0.05, 0.1) is 24.0 Å². The minimum absolute atomic E-state index is 0.492. The molecular formula is C23H24N2OS. The molecule has 0 spiro atoms. The molecule has 3 aromatic carbocycles. The lowest BCUT2D eigenvalue weighted by atomic mass is 10.1. The van der Waals surface area contributed by atoms with Crippen molar-refractivity contribution in [3.8, 4) is 0 Å². The van der Waals surface area contributed by atoms with Crippen molar-refractivity contribution >= 4 is 28.8 Å². The summed E-state index contributed by atoms with van der Waals surface area (Å²) in [4.78, 5) is 4.69. The smallest absolute Gasteiger partial charge is 0.0891 e. The summed E-state index contributed by atoms with van der Waals surface area (Å²) in [6.07, 6.45) is -0.492. The Morgan fingerprint density at radius 3 is 2.22 bits per heavy atom. The summed E-state index contributed by atoms with van der Waals surface area (Å²) >= 11 is 1.79. The van der Waals surface area contributed by atoms with Gasteiger partial charge in [-0.1, -0.05) is 48.2 Å². The van der Waals surface area contributed by atoms with Crippen molar-refractivity contribution in [1.29, 1.82) is 0 Å². The van der Waals surface area contributed by atoms with Gasteiger partial charge in [-0.15, -0.1) is 0 Å². The van der Waals surface area contributed by atoms with Gasteiger partial charge in [-0.25, -0.2) is 0 Å². The van der Waals surface area contributed by atoms with E-state index in [1.807, 2.05) is 0 Å². The molecule has 0 radical (unpaired) electrons. The summed E-state index contributed by atoms with van der Waals surface area (Å²) < 4.78 is 0. The van der Waals surface area contributed by atoms with Gasteiger partial charge in [0.2, 0.25) is 0 Å². The zero-order valence-corrected chi connectivity index (χ0v) is 16.5. The Hall–Kier alpha value is -2.43. The predicted molar refractivity (Wildman–Crippen MR) is 114 cm³/mol. The lowest BCUT2D eigenvalue weighted by molar-refractivity contribution is 0.195. The van der Waals surface area contributed by atoms with Crippen molar-refractivity contribution in [3.05, 3.63) is 77.9 Å². The SMILES string of the molecule is Cc1ccc(C)c(NC[C@H](O)CN2c3ccccc3Sc3ccccc32)c1. The number of aliphatic hydroxyl groups excluding tert-OH is 1. The first-order valence-corrected chi connectivity index (χ1v) is 10.1. The molecule has 4 rings (SSSR count). The molecule has 0 aromatic heterocycles. The monoisotopic (exact) mass is 376 g/mol. The average Bonchev–Trinajstić information content (AvgIpc) is 2.68. The summed E-state index contributed by atoms with van der Waals surface area (Å²) in [5, 5.41) is 14.2. The molecule has 0 saturated heterocycles. The van der Waals surface area contributed by atoms with E-state index in [4.69, 9.17) is 0 Å². The second-order valence-corrected chi connectivity index (χ2v) is 8.08. The van der Waals surface area contributed by atoms with Crippen LogP contribution >= 0.6 is 11.8 Å². The number of rotatable bonds is 5. The molecule has 1 aliphatic heterocycles. The van der Waals surface area contributed by atoms with Crippen LogP contribution < -0.4 is 10.2 Å². The number of hydrogen-bond donors (Lipinski definition) is 2. The highest BCUT2D eigenvalue weighted by Gasteiger charge is 2.24. The fourth-order valence-corrected chi connectivity index (χ4v) is 4.50. The lowest BCUT2D eigenvalue weighted by Gasteiger charge is -2.34. The zero-order chi connectivity index (χ0) is 18.8. The number of para-hydroxylation sites is 2. The lowest BCUT2D eigenvalue weighted by Crippen LogP contribution is -2.34. The molecule has 1 aliphatic rings. The minimum atomic E-state index is -0.492. The van der Waals surface area contributed by atoms with Crippen LogP contribution in [0.2, 0.25) is 0 Å². The first kappa shape index (κ1) is 18.0. The second kappa shape index (κ2) is 7.67. The van der Waals surface area contributed by atoms with Crippen LogP contribution in [0.1, 0.15) is 11.1 Å². The molecule has 0 saturated carbocycles. The van der Waals surface area contributed by atoms with Crippen molar-refractivity contribution in [3.63, 3.8) is 0 Å². The van der Waals surface area contributed by atoms with Gasteiger partial charge in [0.15, 0.2) is 0 Å². The zero-order valence-electron chi connectivity index (χ0n) is 15.6. The Balaban J connectivity index is 1.53.